The molecule has 0 fully saturated rings. The molecule has 1 aromatic carbocycles. The van der Waals surface area contributed by atoms with Gasteiger partial charge in [0.15, 0.2) is 0 Å². The molecule has 0 amide bonds. The fourth-order valence-electron chi connectivity index (χ4n) is 1.67. The van der Waals surface area contributed by atoms with Crippen LogP contribution in [0.2, 0.25) is 0 Å². The van der Waals surface area contributed by atoms with E-state index in [9.17, 15) is 9.18 Å². The maximum atomic E-state index is 13.9. The topological polar surface area (TPSA) is 43.1 Å². The fourth-order valence-corrected chi connectivity index (χ4v) is 3.16. The van der Waals surface area contributed by atoms with Gasteiger partial charge in [-0.05, 0) is 53.5 Å². The highest BCUT2D eigenvalue weighted by Crippen LogP contribution is 2.29. The monoisotopic (exact) mass is 327 g/mol. The van der Waals surface area contributed by atoms with Crippen molar-refractivity contribution in [3.8, 4) is 0 Å². The Kier molecular flexibility index (Phi) is 3.54. The molecule has 0 aliphatic rings. The Labute approximate surface area is 117 Å². The summed E-state index contributed by atoms with van der Waals surface area (Å²) in [4.78, 5) is 13.7. The van der Waals surface area contributed by atoms with E-state index in [0.29, 0.717) is 16.1 Å². The van der Waals surface area contributed by atoms with Crippen molar-refractivity contribution >= 4 is 38.7 Å². The second kappa shape index (κ2) is 4.82. The van der Waals surface area contributed by atoms with Crippen molar-refractivity contribution in [2.75, 3.05) is 5.73 Å². The molecule has 0 spiro atoms. The zero-order chi connectivity index (χ0) is 13.4. The molecule has 2 N–H and O–H groups in total. The molecular formula is C13H11BrFNOS. The van der Waals surface area contributed by atoms with E-state index in [4.69, 9.17) is 5.73 Å². The van der Waals surface area contributed by atoms with Crippen LogP contribution in [0, 0.1) is 19.7 Å². The summed E-state index contributed by atoms with van der Waals surface area (Å²) in [5.74, 6) is -0.835. The third-order valence-electron chi connectivity index (χ3n) is 2.60. The maximum absolute atomic E-state index is 13.9. The summed E-state index contributed by atoms with van der Waals surface area (Å²) in [6, 6.07) is 4.61. The second-order valence-corrected chi connectivity index (χ2v) is 6.15. The van der Waals surface area contributed by atoms with Gasteiger partial charge in [0.2, 0.25) is 5.78 Å². The van der Waals surface area contributed by atoms with Crippen LogP contribution in [0.15, 0.2) is 22.7 Å². The maximum Gasteiger partial charge on any atom is 0.206 e. The van der Waals surface area contributed by atoms with Crippen LogP contribution in [0.3, 0.4) is 0 Å². The van der Waals surface area contributed by atoms with Crippen molar-refractivity contribution in [3.05, 3.63) is 49.4 Å². The van der Waals surface area contributed by atoms with Gasteiger partial charge in [-0.2, -0.15) is 0 Å². The molecule has 0 aliphatic heterocycles. The Morgan fingerprint density at radius 1 is 1.33 bits per heavy atom. The van der Waals surface area contributed by atoms with Crippen molar-refractivity contribution in [1.82, 2.24) is 0 Å². The first-order valence-electron chi connectivity index (χ1n) is 5.26. The number of aryl methyl sites for hydroxylation is 2. The molecule has 1 aromatic heterocycles. The van der Waals surface area contributed by atoms with E-state index >= 15 is 0 Å². The zero-order valence-corrected chi connectivity index (χ0v) is 12.3. The van der Waals surface area contributed by atoms with E-state index in [1.54, 1.807) is 13.0 Å². The number of carbonyl (C=O) groups excluding carboxylic acids is 1. The molecule has 18 heavy (non-hydrogen) atoms. The van der Waals surface area contributed by atoms with Gasteiger partial charge >= 0.3 is 0 Å². The molecule has 1 heterocycles. The Morgan fingerprint density at radius 2 is 2.00 bits per heavy atom. The summed E-state index contributed by atoms with van der Waals surface area (Å²) >= 11 is 4.68. The minimum absolute atomic E-state index is 0.0289. The first-order chi connectivity index (χ1) is 8.40. The molecule has 2 nitrogen and oxygen atoms in total. The van der Waals surface area contributed by atoms with Crippen molar-refractivity contribution < 1.29 is 9.18 Å². The minimum Gasteiger partial charge on any atom is -0.399 e. The van der Waals surface area contributed by atoms with Gasteiger partial charge in [-0.25, -0.2) is 4.39 Å². The van der Waals surface area contributed by atoms with Crippen LogP contribution in [-0.4, -0.2) is 5.78 Å². The summed E-state index contributed by atoms with van der Waals surface area (Å²) < 4.78 is 14.8. The summed E-state index contributed by atoms with van der Waals surface area (Å²) in [5.41, 5.74) is 6.46. The predicted molar refractivity (Wildman–Crippen MR) is 75.7 cm³/mol. The van der Waals surface area contributed by atoms with E-state index in [0.717, 1.165) is 9.35 Å². The number of ketones is 1. The van der Waals surface area contributed by atoms with Gasteiger partial charge < -0.3 is 5.73 Å². The third kappa shape index (κ3) is 2.33. The molecular weight excluding hydrogens is 317 g/mol. The number of hydrogen-bond acceptors (Lipinski definition) is 3. The summed E-state index contributed by atoms with van der Waals surface area (Å²) in [5, 5.41) is 0. The number of thiophene rings is 1. The molecule has 0 radical (unpaired) electrons. The van der Waals surface area contributed by atoms with E-state index in [-0.39, 0.29) is 11.3 Å². The van der Waals surface area contributed by atoms with E-state index in [2.05, 4.69) is 15.9 Å². The number of carbonyl (C=O) groups is 1. The van der Waals surface area contributed by atoms with Crippen molar-refractivity contribution in [3.63, 3.8) is 0 Å². The Morgan fingerprint density at radius 3 is 2.56 bits per heavy atom. The van der Waals surface area contributed by atoms with Crippen molar-refractivity contribution in [2.45, 2.75) is 13.8 Å². The van der Waals surface area contributed by atoms with Crippen molar-refractivity contribution in [1.29, 1.82) is 0 Å². The van der Waals surface area contributed by atoms with Gasteiger partial charge in [-0.1, -0.05) is 0 Å². The van der Waals surface area contributed by atoms with Crippen LogP contribution in [0.4, 0.5) is 10.1 Å². The SMILES string of the molecule is Cc1cc(N)cc(C(=O)c2cc(Br)c(C)s2)c1F. The lowest BCUT2D eigenvalue weighted by atomic mass is 10.0. The summed E-state index contributed by atoms with van der Waals surface area (Å²) in [6.45, 7) is 3.49. The molecule has 0 saturated carbocycles. The van der Waals surface area contributed by atoms with Gasteiger partial charge in [0.25, 0.3) is 0 Å². The largest absolute Gasteiger partial charge is 0.399 e. The lowest BCUT2D eigenvalue weighted by Gasteiger charge is -2.05. The van der Waals surface area contributed by atoms with Crippen LogP contribution in [0.25, 0.3) is 0 Å². The standard InChI is InChI=1S/C13H11BrFNOS/c1-6-3-8(16)4-9(12(6)15)13(17)11-5-10(14)7(2)18-11/h3-5H,16H2,1-2H3. The molecule has 5 heteroatoms. The van der Waals surface area contributed by atoms with E-state index in [1.807, 2.05) is 6.92 Å². The first-order valence-corrected chi connectivity index (χ1v) is 6.87. The first kappa shape index (κ1) is 13.2. The lowest BCUT2D eigenvalue weighted by molar-refractivity contribution is 0.103. The molecule has 0 aliphatic carbocycles. The average molecular weight is 328 g/mol. The number of nitrogens with two attached hydrogens (primary N) is 1. The van der Waals surface area contributed by atoms with Crippen LogP contribution in [0.1, 0.15) is 25.7 Å². The smallest absolute Gasteiger partial charge is 0.206 e. The van der Waals surface area contributed by atoms with Crippen LogP contribution in [0.5, 0.6) is 0 Å². The van der Waals surface area contributed by atoms with Gasteiger partial charge in [0, 0.05) is 15.0 Å². The number of nitrogen functional groups attached to an aromatic ring is 1. The highest BCUT2D eigenvalue weighted by Gasteiger charge is 2.19. The Balaban J connectivity index is 2.52. The predicted octanol–water partition coefficient (Wildman–Crippen LogP) is 4.08. The van der Waals surface area contributed by atoms with Gasteiger partial charge in [-0.3, -0.25) is 4.79 Å². The number of anilines is 1. The normalized spacial score (nSPS) is 10.7. The average Bonchev–Trinajstić information content (AvgIpc) is 2.63. The second-order valence-electron chi connectivity index (χ2n) is 4.04. The quantitative estimate of drug-likeness (QED) is 0.667. The molecule has 0 bridgehead atoms. The van der Waals surface area contributed by atoms with Crippen LogP contribution >= 0.6 is 27.3 Å². The molecule has 2 rings (SSSR count). The van der Waals surface area contributed by atoms with Gasteiger partial charge in [0.05, 0.1) is 10.4 Å². The molecule has 0 saturated heterocycles. The van der Waals surface area contributed by atoms with Gasteiger partial charge in [0.1, 0.15) is 5.82 Å². The molecule has 0 atom stereocenters. The van der Waals surface area contributed by atoms with Gasteiger partial charge in [-0.15, -0.1) is 11.3 Å². The van der Waals surface area contributed by atoms with Crippen LogP contribution < -0.4 is 5.73 Å². The number of halogens is 2. The van der Waals surface area contributed by atoms with Crippen molar-refractivity contribution in [2.24, 2.45) is 0 Å². The summed E-state index contributed by atoms with van der Waals surface area (Å²) in [6.07, 6.45) is 0. The number of benzene rings is 1. The third-order valence-corrected chi connectivity index (χ3v) is 4.74. The lowest BCUT2D eigenvalue weighted by Crippen LogP contribution is -2.05. The Bertz CT molecular complexity index is 617. The molecule has 0 unspecified atom stereocenters. The zero-order valence-electron chi connectivity index (χ0n) is 9.88. The Hall–Kier alpha value is -1.20. The van der Waals surface area contributed by atoms with E-state index in [1.165, 1.54) is 23.5 Å². The molecule has 2 aromatic rings. The minimum atomic E-state index is -0.503. The summed E-state index contributed by atoms with van der Waals surface area (Å²) in [7, 11) is 0. The number of hydrogen-bond donors (Lipinski definition) is 1. The highest BCUT2D eigenvalue weighted by atomic mass is 79.9. The molecule has 94 valence electrons. The number of rotatable bonds is 2. The fraction of sp³-hybridized carbons (Fsp3) is 0.154. The van der Waals surface area contributed by atoms with Crippen LogP contribution in [-0.2, 0) is 0 Å². The highest BCUT2D eigenvalue weighted by molar-refractivity contribution is 9.10. The van der Waals surface area contributed by atoms with E-state index < -0.39 is 5.82 Å².